The molecule has 0 aromatic heterocycles. The van der Waals surface area contributed by atoms with E-state index < -0.39 is 0 Å². The lowest BCUT2D eigenvalue weighted by atomic mass is 9.97. The molecule has 1 heterocycles. The topological polar surface area (TPSA) is 58.5 Å². The number of aliphatic imine (C=N–C) groups is 1. The van der Waals surface area contributed by atoms with Crippen molar-refractivity contribution >= 4 is 17.7 Å². The minimum absolute atomic E-state index is 0.00772. The highest BCUT2D eigenvalue weighted by atomic mass is 16.1. The summed E-state index contributed by atoms with van der Waals surface area (Å²) in [5.74, 6) is 0.00772. The van der Waals surface area contributed by atoms with Gasteiger partial charge in [0.25, 0.3) is 0 Å². The molecule has 1 saturated carbocycles. The van der Waals surface area contributed by atoms with Crippen LogP contribution in [0.3, 0.4) is 0 Å². The second-order valence-electron chi connectivity index (χ2n) is 4.29. The minimum atomic E-state index is -0.389. The molecule has 2 aliphatic rings. The molecule has 4 nitrogen and oxygen atoms in total. The maximum Gasteiger partial charge on any atom is 0.235 e. The summed E-state index contributed by atoms with van der Waals surface area (Å²) < 4.78 is 0. The van der Waals surface area contributed by atoms with Gasteiger partial charge in [0.2, 0.25) is 12.0 Å². The quantitative estimate of drug-likeness (QED) is 0.599. The number of benzene rings is 1. The van der Waals surface area contributed by atoms with Gasteiger partial charge in [0.15, 0.2) is 0 Å². The van der Waals surface area contributed by atoms with Crippen molar-refractivity contribution in [2.45, 2.75) is 24.8 Å². The first-order chi connectivity index (χ1) is 7.75. The number of anilines is 1. The predicted octanol–water partition coefficient (Wildman–Crippen LogP) is 1.51. The van der Waals surface area contributed by atoms with Gasteiger partial charge < -0.3 is 5.32 Å². The molecule has 0 bridgehead atoms. The number of rotatable bonds is 2. The molecule has 1 amide bonds. The van der Waals surface area contributed by atoms with Gasteiger partial charge in [-0.2, -0.15) is 4.99 Å². The van der Waals surface area contributed by atoms with E-state index in [1.165, 1.54) is 0 Å². The molecule has 0 atom stereocenters. The highest BCUT2D eigenvalue weighted by molar-refractivity contribution is 5.99. The summed E-state index contributed by atoms with van der Waals surface area (Å²) in [6.45, 7) is 0. The van der Waals surface area contributed by atoms with Crippen molar-refractivity contribution in [2.24, 2.45) is 4.99 Å². The fraction of sp³-hybridized carbons (Fsp3) is 0.333. The van der Waals surface area contributed by atoms with Gasteiger partial charge in [-0.1, -0.05) is 12.1 Å². The number of nitrogens with one attached hydrogen (secondary N) is 1. The average Bonchev–Trinajstić information content (AvgIpc) is 2.92. The van der Waals surface area contributed by atoms with E-state index in [0.29, 0.717) is 6.42 Å². The fourth-order valence-electron chi connectivity index (χ4n) is 2.33. The highest BCUT2D eigenvalue weighted by Crippen LogP contribution is 2.51. The lowest BCUT2D eigenvalue weighted by molar-refractivity contribution is -0.115. The van der Waals surface area contributed by atoms with Crippen molar-refractivity contribution in [3.63, 3.8) is 0 Å². The van der Waals surface area contributed by atoms with E-state index in [4.69, 9.17) is 0 Å². The summed E-state index contributed by atoms with van der Waals surface area (Å²) in [5, 5.41) is 2.80. The second-order valence-corrected chi connectivity index (χ2v) is 4.29. The zero-order valence-electron chi connectivity index (χ0n) is 8.62. The highest BCUT2D eigenvalue weighted by Gasteiger charge is 2.47. The Hall–Kier alpha value is -1.93. The third-order valence-electron chi connectivity index (χ3n) is 3.27. The molecule has 4 heteroatoms. The van der Waals surface area contributed by atoms with Gasteiger partial charge >= 0.3 is 0 Å². The molecule has 0 spiro atoms. The first kappa shape index (κ1) is 9.31. The average molecular weight is 214 g/mol. The molecular formula is C12H10N2O2. The van der Waals surface area contributed by atoms with Crippen LogP contribution in [-0.2, 0) is 21.5 Å². The Bertz CT molecular complexity index is 526. The molecule has 0 saturated heterocycles. The number of fused-ring (bicyclic) bond motifs is 1. The van der Waals surface area contributed by atoms with Crippen molar-refractivity contribution in [3.05, 3.63) is 29.3 Å². The van der Waals surface area contributed by atoms with Crippen LogP contribution in [0.5, 0.6) is 0 Å². The molecule has 1 aromatic rings. The number of isocyanates is 1. The first-order valence-electron chi connectivity index (χ1n) is 5.26. The van der Waals surface area contributed by atoms with Crippen molar-refractivity contribution in [2.75, 3.05) is 5.32 Å². The fourth-order valence-corrected chi connectivity index (χ4v) is 2.33. The number of nitrogens with zero attached hydrogens (tertiary/aromatic N) is 1. The summed E-state index contributed by atoms with van der Waals surface area (Å²) in [6, 6.07) is 5.72. The summed E-state index contributed by atoms with van der Waals surface area (Å²) in [4.78, 5) is 25.7. The van der Waals surface area contributed by atoms with E-state index in [2.05, 4.69) is 10.3 Å². The molecule has 1 fully saturated rings. The van der Waals surface area contributed by atoms with Crippen LogP contribution in [0.15, 0.2) is 23.2 Å². The molecule has 1 aliphatic carbocycles. The van der Waals surface area contributed by atoms with Gasteiger partial charge in [-0.3, -0.25) is 4.79 Å². The zero-order chi connectivity index (χ0) is 11.2. The van der Waals surface area contributed by atoms with Gasteiger partial charge in [-0.15, -0.1) is 0 Å². The Morgan fingerprint density at radius 1 is 1.38 bits per heavy atom. The Balaban J connectivity index is 2.13. The lowest BCUT2D eigenvalue weighted by Gasteiger charge is -2.12. The van der Waals surface area contributed by atoms with E-state index in [1.54, 1.807) is 6.08 Å². The van der Waals surface area contributed by atoms with Crippen LogP contribution < -0.4 is 5.32 Å². The maximum atomic E-state index is 11.3. The summed E-state index contributed by atoms with van der Waals surface area (Å²) >= 11 is 0. The molecule has 1 aromatic carbocycles. The van der Waals surface area contributed by atoms with Crippen molar-refractivity contribution in [3.8, 4) is 0 Å². The van der Waals surface area contributed by atoms with Crippen LogP contribution in [0.25, 0.3) is 0 Å². The third kappa shape index (κ3) is 1.20. The number of carbonyl (C=O) groups excluding carboxylic acids is 2. The second kappa shape index (κ2) is 3.03. The van der Waals surface area contributed by atoms with Crippen LogP contribution in [0, 0.1) is 0 Å². The molecule has 0 radical (unpaired) electrons. The van der Waals surface area contributed by atoms with Crippen LogP contribution >= 0.6 is 0 Å². The van der Waals surface area contributed by atoms with Gasteiger partial charge in [-0.25, -0.2) is 4.79 Å². The van der Waals surface area contributed by atoms with E-state index in [1.807, 2.05) is 18.2 Å². The lowest BCUT2D eigenvalue weighted by Crippen LogP contribution is -2.06. The number of carbonyl (C=O) groups is 1. The summed E-state index contributed by atoms with van der Waals surface area (Å²) in [6.07, 6.45) is 3.77. The molecule has 1 aliphatic heterocycles. The molecule has 3 rings (SSSR count). The van der Waals surface area contributed by atoms with E-state index >= 15 is 0 Å². The van der Waals surface area contributed by atoms with Gasteiger partial charge in [0.05, 0.1) is 12.0 Å². The Morgan fingerprint density at radius 2 is 2.19 bits per heavy atom. The van der Waals surface area contributed by atoms with Crippen LogP contribution in [0.1, 0.15) is 24.0 Å². The Morgan fingerprint density at radius 3 is 2.88 bits per heavy atom. The van der Waals surface area contributed by atoms with E-state index in [-0.39, 0.29) is 11.4 Å². The van der Waals surface area contributed by atoms with Crippen molar-refractivity contribution in [1.29, 1.82) is 0 Å². The Labute approximate surface area is 92.4 Å². The molecule has 1 N–H and O–H groups in total. The van der Waals surface area contributed by atoms with Crippen LogP contribution in [0.4, 0.5) is 5.69 Å². The number of hydrogen-bond donors (Lipinski definition) is 1. The third-order valence-corrected chi connectivity index (χ3v) is 3.27. The number of hydrogen-bond acceptors (Lipinski definition) is 3. The molecular weight excluding hydrogens is 204 g/mol. The van der Waals surface area contributed by atoms with Gasteiger partial charge in [-0.05, 0) is 30.0 Å². The predicted molar refractivity (Wildman–Crippen MR) is 57.8 cm³/mol. The van der Waals surface area contributed by atoms with E-state index in [9.17, 15) is 9.59 Å². The normalized spacial score (nSPS) is 19.6. The summed E-state index contributed by atoms with van der Waals surface area (Å²) in [7, 11) is 0. The smallest absolute Gasteiger partial charge is 0.235 e. The number of amides is 1. The summed E-state index contributed by atoms with van der Waals surface area (Å²) in [5.41, 5.74) is 2.46. The molecule has 80 valence electrons. The monoisotopic (exact) mass is 214 g/mol. The van der Waals surface area contributed by atoms with Crippen LogP contribution in [0.2, 0.25) is 0 Å². The SMILES string of the molecule is O=C=NC1(c2cccc3c2CC(=O)N3)CC1. The van der Waals surface area contributed by atoms with Crippen molar-refractivity contribution in [1.82, 2.24) is 0 Å². The minimum Gasteiger partial charge on any atom is -0.326 e. The zero-order valence-corrected chi connectivity index (χ0v) is 8.62. The standard InChI is InChI=1S/C12H10N2O2/c15-7-13-12(4-5-12)9-2-1-3-10-8(9)6-11(16)14-10/h1-3H,4-6H2,(H,14,16). The Kier molecular flexibility index (Phi) is 1.76. The van der Waals surface area contributed by atoms with E-state index in [0.717, 1.165) is 29.7 Å². The molecule has 16 heavy (non-hydrogen) atoms. The molecule has 0 unspecified atom stereocenters. The van der Waals surface area contributed by atoms with Crippen molar-refractivity contribution < 1.29 is 9.59 Å². The van der Waals surface area contributed by atoms with Gasteiger partial charge in [0, 0.05) is 5.69 Å². The van der Waals surface area contributed by atoms with Gasteiger partial charge in [0.1, 0.15) is 0 Å². The maximum absolute atomic E-state index is 11.3. The largest absolute Gasteiger partial charge is 0.326 e. The first-order valence-corrected chi connectivity index (χ1v) is 5.26. The van der Waals surface area contributed by atoms with Crippen LogP contribution in [-0.4, -0.2) is 12.0 Å².